The predicted octanol–water partition coefficient (Wildman–Crippen LogP) is 6.71. The fourth-order valence-electron chi connectivity index (χ4n) is 3.78. The van der Waals surface area contributed by atoms with E-state index in [1.807, 2.05) is 5.38 Å². The number of aromatic nitrogens is 1. The molecule has 1 fully saturated rings. The summed E-state index contributed by atoms with van der Waals surface area (Å²) >= 11 is 1.34. The SMILES string of the molecule is O=C(Nc1nc(-c2ccc(C3CCCCC3)cc2)cs1)c1ccc(OC(F)F)cc1. The molecule has 7 heteroatoms. The highest BCUT2D eigenvalue weighted by Gasteiger charge is 2.16. The van der Waals surface area contributed by atoms with E-state index in [9.17, 15) is 13.6 Å². The van der Waals surface area contributed by atoms with E-state index in [0.29, 0.717) is 16.6 Å². The average molecular weight is 429 g/mol. The van der Waals surface area contributed by atoms with E-state index >= 15 is 0 Å². The fourth-order valence-corrected chi connectivity index (χ4v) is 4.50. The van der Waals surface area contributed by atoms with Crippen LogP contribution in [0.15, 0.2) is 53.9 Å². The third-order valence-electron chi connectivity index (χ3n) is 5.35. The van der Waals surface area contributed by atoms with Crippen LogP contribution in [0.2, 0.25) is 0 Å². The highest BCUT2D eigenvalue weighted by atomic mass is 32.1. The number of halogens is 2. The van der Waals surface area contributed by atoms with Crippen molar-refractivity contribution in [2.45, 2.75) is 44.6 Å². The molecule has 0 saturated heterocycles. The van der Waals surface area contributed by atoms with Crippen LogP contribution >= 0.6 is 11.3 Å². The van der Waals surface area contributed by atoms with E-state index in [4.69, 9.17) is 0 Å². The molecule has 1 saturated carbocycles. The molecule has 2 aromatic carbocycles. The molecule has 0 bridgehead atoms. The van der Waals surface area contributed by atoms with E-state index in [2.05, 4.69) is 39.3 Å². The molecule has 1 aliphatic carbocycles. The summed E-state index contributed by atoms with van der Waals surface area (Å²) in [4.78, 5) is 16.9. The van der Waals surface area contributed by atoms with Crippen LogP contribution in [-0.4, -0.2) is 17.5 Å². The lowest BCUT2D eigenvalue weighted by molar-refractivity contribution is -0.0498. The number of hydrogen-bond donors (Lipinski definition) is 1. The van der Waals surface area contributed by atoms with Crippen molar-refractivity contribution in [3.8, 4) is 17.0 Å². The van der Waals surface area contributed by atoms with E-state index < -0.39 is 6.61 Å². The minimum atomic E-state index is -2.89. The molecular formula is C23H22F2N2O2S. The topological polar surface area (TPSA) is 51.2 Å². The zero-order chi connectivity index (χ0) is 20.9. The smallest absolute Gasteiger partial charge is 0.387 e. The number of thiazole rings is 1. The van der Waals surface area contributed by atoms with E-state index in [1.54, 1.807) is 0 Å². The van der Waals surface area contributed by atoms with Gasteiger partial charge in [0, 0.05) is 16.5 Å². The van der Waals surface area contributed by atoms with E-state index in [1.165, 1.54) is 73.3 Å². The summed E-state index contributed by atoms with van der Waals surface area (Å²) in [6, 6.07) is 14.1. The van der Waals surface area contributed by atoms with Crippen LogP contribution in [-0.2, 0) is 0 Å². The number of nitrogens with zero attached hydrogens (tertiary/aromatic N) is 1. The van der Waals surface area contributed by atoms with Gasteiger partial charge < -0.3 is 4.74 Å². The Morgan fingerprint density at radius 1 is 1.03 bits per heavy atom. The molecule has 4 rings (SSSR count). The number of carbonyl (C=O) groups is 1. The van der Waals surface area contributed by atoms with Crippen LogP contribution in [0.4, 0.5) is 13.9 Å². The molecule has 0 radical (unpaired) electrons. The minimum Gasteiger partial charge on any atom is -0.435 e. The molecule has 1 N–H and O–H groups in total. The molecule has 1 amide bonds. The van der Waals surface area contributed by atoms with Gasteiger partial charge in [0.15, 0.2) is 5.13 Å². The first-order chi connectivity index (χ1) is 14.6. The third kappa shape index (κ3) is 5.02. The second-order valence-corrected chi connectivity index (χ2v) is 8.21. The molecule has 1 aromatic heterocycles. The molecule has 0 unspecified atom stereocenters. The Balaban J connectivity index is 1.39. The molecule has 1 aliphatic rings. The molecule has 0 aliphatic heterocycles. The summed E-state index contributed by atoms with van der Waals surface area (Å²) in [5, 5.41) is 5.14. The van der Waals surface area contributed by atoms with Gasteiger partial charge in [0.2, 0.25) is 0 Å². The van der Waals surface area contributed by atoms with Crippen molar-refractivity contribution in [3.05, 3.63) is 65.0 Å². The zero-order valence-electron chi connectivity index (χ0n) is 16.3. The number of ether oxygens (including phenoxy) is 1. The van der Waals surface area contributed by atoms with Crippen LogP contribution in [0.5, 0.6) is 5.75 Å². The molecule has 3 aromatic rings. The maximum absolute atomic E-state index is 12.4. The molecule has 1 heterocycles. The van der Waals surface area contributed by atoms with Crippen molar-refractivity contribution in [2.75, 3.05) is 5.32 Å². The Kier molecular flexibility index (Phi) is 6.38. The van der Waals surface area contributed by atoms with Crippen LogP contribution < -0.4 is 10.1 Å². The van der Waals surface area contributed by atoms with Gasteiger partial charge in [-0.15, -0.1) is 11.3 Å². The highest BCUT2D eigenvalue weighted by molar-refractivity contribution is 7.14. The number of carbonyl (C=O) groups excluding carboxylic acids is 1. The van der Waals surface area contributed by atoms with Gasteiger partial charge in [-0.25, -0.2) is 4.98 Å². The molecule has 156 valence electrons. The normalized spacial score (nSPS) is 14.6. The Morgan fingerprint density at radius 3 is 2.40 bits per heavy atom. The second-order valence-electron chi connectivity index (χ2n) is 7.35. The molecular weight excluding hydrogens is 406 g/mol. The van der Waals surface area contributed by atoms with Gasteiger partial charge in [-0.2, -0.15) is 8.78 Å². The number of nitrogens with one attached hydrogen (secondary N) is 1. The zero-order valence-corrected chi connectivity index (χ0v) is 17.1. The van der Waals surface area contributed by atoms with E-state index in [-0.39, 0.29) is 11.7 Å². The van der Waals surface area contributed by atoms with Gasteiger partial charge in [-0.1, -0.05) is 43.5 Å². The average Bonchev–Trinajstić information content (AvgIpc) is 3.23. The van der Waals surface area contributed by atoms with Gasteiger partial charge in [0.1, 0.15) is 5.75 Å². The predicted molar refractivity (Wildman–Crippen MR) is 114 cm³/mol. The summed E-state index contributed by atoms with van der Waals surface area (Å²) in [6.45, 7) is -2.89. The summed E-state index contributed by atoms with van der Waals surface area (Å²) in [5.74, 6) is 0.317. The van der Waals surface area contributed by atoms with Crippen molar-refractivity contribution < 1.29 is 18.3 Å². The van der Waals surface area contributed by atoms with Crippen LogP contribution in [0.1, 0.15) is 53.9 Å². The van der Waals surface area contributed by atoms with E-state index in [0.717, 1.165) is 11.3 Å². The van der Waals surface area contributed by atoms with Gasteiger partial charge in [0.25, 0.3) is 5.91 Å². The largest absolute Gasteiger partial charge is 0.435 e. The Hall–Kier alpha value is -2.80. The van der Waals surface area contributed by atoms with Crippen molar-refractivity contribution in [1.29, 1.82) is 0 Å². The lowest BCUT2D eigenvalue weighted by atomic mass is 9.84. The van der Waals surface area contributed by atoms with Crippen molar-refractivity contribution in [1.82, 2.24) is 4.98 Å². The number of benzene rings is 2. The highest BCUT2D eigenvalue weighted by Crippen LogP contribution is 2.34. The van der Waals surface area contributed by atoms with Crippen LogP contribution in [0, 0.1) is 0 Å². The van der Waals surface area contributed by atoms with Crippen molar-refractivity contribution in [3.63, 3.8) is 0 Å². The first kappa shape index (κ1) is 20.5. The quantitative estimate of drug-likeness (QED) is 0.475. The fraction of sp³-hybridized carbons (Fsp3) is 0.304. The maximum Gasteiger partial charge on any atom is 0.387 e. The first-order valence-corrected chi connectivity index (χ1v) is 10.9. The maximum atomic E-state index is 12.4. The van der Waals surface area contributed by atoms with Crippen LogP contribution in [0.25, 0.3) is 11.3 Å². The Morgan fingerprint density at radius 2 is 1.73 bits per heavy atom. The van der Waals surface area contributed by atoms with Crippen molar-refractivity contribution >= 4 is 22.4 Å². The molecule has 0 spiro atoms. The summed E-state index contributed by atoms with van der Waals surface area (Å²) < 4.78 is 28.7. The first-order valence-electron chi connectivity index (χ1n) is 10.0. The lowest BCUT2D eigenvalue weighted by Crippen LogP contribution is -2.11. The summed E-state index contributed by atoms with van der Waals surface area (Å²) in [5.41, 5.74) is 3.55. The summed E-state index contributed by atoms with van der Waals surface area (Å²) in [6.07, 6.45) is 6.49. The van der Waals surface area contributed by atoms with Gasteiger partial charge >= 0.3 is 6.61 Å². The molecule has 0 atom stereocenters. The second kappa shape index (κ2) is 9.34. The van der Waals surface area contributed by atoms with Gasteiger partial charge in [0.05, 0.1) is 5.69 Å². The third-order valence-corrected chi connectivity index (χ3v) is 6.11. The number of hydrogen-bond acceptors (Lipinski definition) is 4. The number of amides is 1. The standard InChI is InChI=1S/C23H22F2N2O2S/c24-22(25)29-19-12-10-18(11-13-19)21(28)27-23-26-20(14-30-23)17-8-6-16(7-9-17)15-4-2-1-3-5-15/h6-15,22H,1-5H2,(H,26,27,28). The van der Waals surface area contributed by atoms with Crippen LogP contribution in [0.3, 0.4) is 0 Å². The van der Waals surface area contributed by atoms with Gasteiger partial charge in [-0.05, 0) is 48.6 Å². The van der Waals surface area contributed by atoms with Gasteiger partial charge in [-0.3, -0.25) is 10.1 Å². The van der Waals surface area contributed by atoms with Crippen molar-refractivity contribution in [2.24, 2.45) is 0 Å². The Bertz CT molecular complexity index is 981. The number of alkyl halides is 2. The number of rotatable bonds is 6. The lowest BCUT2D eigenvalue weighted by Gasteiger charge is -2.22. The summed E-state index contributed by atoms with van der Waals surface area (Å²) in [7, 11) is 0. The minimum absolute atomic E-state index is 0.00904. The molecule has 30 heavy (non-hydrogen) atoms. The Labute approximate surface area is 177 Å². The number of anilines is 1. The molecule has 4 nitrogen and oxygen atoms in total. The monoisotopic (exact) mass is 428 g/mol.